The van der Waals surface area contributed by atoms with Crippen molar-refractivity contribution in [2.45, 2.75) is 0 Å². The number of amides is 3. The molecular weight excluding hydrogens is 452 g/mol. The first kappa shape index (κ1) is 21.8. The van der Waals surface area contributed by atoms with Gasteiger partial charge in [0.25, 0.3) is 0 Å². The number of benzene rings is 2. The van der Waals surface area contributed by atoms with Gasteiger partial charge in [-0.05, 0) is 36.4 Å². The van der Waals surface area contributed by atoms with Crippen LogP contribution in [-0.2, 0) is 7.05 Å². The van der Waals surface area contributed by atoms with Gasteiger partial charge in [-0.15, -0.1) is 0 Å². The fourth-order valence-corrected chi connectivity index (χ4v) is 4.45. The molecule has 0 atom stereocenters. The molecule has 34 heavy (non-hydrogen) atoms. The summed E-state index contributed by atoms with van der Waals surface area (Å²) in [5, 5.41) is 11.3. The number of para-hydroxylation sites is 1. The molecule has 1 aliphatic heterocycles. The van der Waals surface area contributed by atoms with Crippen LogP contribution in [0.3, 0.4) is 0 Å². The minimum absolute atomic E-state index is 0.145. The van der Waals surface area contributed by atoms with Crippen LogP contribution in [-0.4, -0.2) is 50.4 Å². The number of hydrazone groups is 1. The van der Waals surface area contributed by atoms with Gasteiger partial charge in [0, 0.05) is 30.6 Å². The van der Waals surface area contributed by atoms with Crippen LogP contribution in [0.5, 0.6) is 0 Å². The minimum Gasteiger partial charge on any atom is -0.461 e. The van der Waals surface area contributed by atoms with E-state index in [1.54, 1.807) is 18.4 Å². The van der Waals surface area contributed by atoms with Crippen LogP contribution in [0, 0.1) is 0 Å². The molecule has 0 saturated heterocycles. The molecule has 0 fully saturated rings. The van der Waals surface area contributed by atoms with Crippen molar-refractivity contribution >= 4 is 45.5 Å². The zero-order chi connectivity index (χ0) is 23.5. The Hall–Kier alpha value is -4.05. The second-order valence-corrected chi connectivity index (χ2v) is 8.57. The lowest BCUT2D eigenvalue weighted by atomic mass is 10.1. The normalized spacial score (nSPS) is 13.7. The molecule has 0 saturated carbocycles. The summed E-state index contributed by atoms with van der Waals surface area (Å²) >= 11 is 1.19. The summed E-state index contributed by atoms with van der Waals surface area (Å²) in [6.07, 6.45) is 1.62. The molecule has 2 N–H and O–H groups in total. The van der Waals surface area contributed by atoms with Crippen molar-refractivity contribution in [2.75, 3.05) is 24.2 Å². The number of fused-ring (bicyclic) bond motifs is 1. The van der Waals surface area contributed by atoms with E-state index in [1.807, 2.05) is 60.1 Å². The van der Waals surface area contributed by atoms with E-state index in [0.29, 0.717) is 17.2 Å². The van der Waals surface area contributed by atoms with Gasteiger partial charge in [0.15, 0.2) is 11.6 Å². The fraction of sp³-hybridized carbons (Fsp3) is 0.167. The van der Waals surface area contributed by atoms with Crippen molar-refractivity contribution in [1.29, 1.82) is 0 Å². The van der Waals surface area contributed by atoms with E-state index < -0.39 is 0 Å². The quantitative estimate of drug-likeness (QED) is 0.427. The van der Waals surface area contributed by atoms with Crippen molar-refractivity contribution in [1.82, 2.24) is 19.9 Å². The number of hydrogen-bond acceptors (Lipinski definition) is 6. The second-order valence-electron chi connectivity index (χ2n) is 7.65. The Bertz CT molecular complexity index is 1360. The largest absolute Gasteiger partial charge is 0.461 e. The molecule has 0 radical (unpaired) electrons. The highest BCUT2D eigenvalue weighted by atomic mass is 32.2. The summed E-state index contributed by atoms with van der Waals surface area (Å²) in [5.41, 5.74) is 4.18. The Labute approximate surface area is 199 Å². The third kappa shape index (κ3) is 4.53. The first-order valence-electron chi connectivity index (χ1n) is 10.7. The Morgan fingerprint density at radius 1 is 1.15 bits per heavy atom. The Balaban J connectivity index is 1.28. The van der Waals surface area contributed by atoms with Crippen LogP contribution in [0.15, 0.2) is 76.4 Å². The smallest absolute Gasteiger partial charge is 0.319 e. The number of thioether (sulfide) groups is 1. The Morgan fingerprint density at radius 2 is 2.00 bits per heavy atom. The molecule has 172 valence electrons. The van der Waals surface area contributed by atoms with Crippen molar-refractivity contribution in [2.24, 2.45) is 12.1 Å². The van der Waals surface area contributed by atoms with Crippen LogP contribution < -0.4 is 10.6 Å². The lowest BCUT2D eigenvalue weighted by molar-refractivity contribution is 0.223. The van der Waals surface area contributed by atoms with Gasteiger partial charge >= 0.3 is 11.3 Å². The number of aryl methyl sites for hydroxylation is 1. The molecule has 10 heteroatoms. The number of anilines is 1. The lowest BCUT2D eigenvalue weighted by Crippen LogP contribution is -2.38. The fourth-order valence-electron chi connectivity index (χ4n) is 3.68. The van der Waals surface area contributed by atoms with Crippen LogP contribution in [0.1, 0.15) is 5.56 Å². The molecular formula is C24H22N6O3S. The van der Waals surface area contributed by atoms with Gasteiger partial charge in [-0.3, -0.25) is 4.79 Å². The van der Waals surface area contributed by atoms with Gasteiger partial charge in [0.05, 0.1) is 29.6 Å². The maximum absolute atomic E-state index is 12.4. The number of nitrogens with zero attached hydrogens (tertiary/aromatic N) is 4. The molecule has 3 amide bonds. The molecule has 0 aliphatic carbocycles. The van der Waals surface area contributed by atoms with Gasteiger partial charge in [0.2, 0.25) is 0 Å². The highest BCUT2D eigenvalue weighted by Gasteiger charge is 2.23. The molecule has 2 aromatic heterocycles. The first-order valence-corrected chi connectivity index (χ1v) is 11.7. The van der Waals surface area contributed by atoms with E-state index in [1.165, 1.54) is 16.8 Å². The lowest BCUT2D eigenvalue weighted by Gasteiger charge is -2.23. The summed E-state index contributed by atoms with van der Waals surface area (Å²) < 4.78 is 7.48. The van der Waals surface area contributed by atoms with Gasteiger partial charge < -0.3 is 19.6 Å². The average Bonchev–Trinajstić information content (AvgIpc) is 3.49. The zero-order valence-corrected chi connectivity index (χ0v) is 19.2. The number of nitrogens with one attached hydrogen (secondary N) is 2. The van der Waals surface area contributed by atoms with Crippen LogP contribution in [0.4, 0.5) is 15.3 Å². The van der Waals surface area contributed by atoms with Crippen molar-refractivity contribution < 1.29 is 14.0 Å². The van der Waals surface area contributed by atoms with E-state index in [0.717, 1.165) is 28.1 Å². The standard InChI is InChI=1S/C24H22N6O3S/c1-29-20-10-9-16(14-18(20)27-22(29)21-8-5-13-33-21)19-15-34-24(32)30(28-19)12-11-25-23(31)26-17-6-3-2-4-7-17/h2-10,13-14H,11-12,15H2,1H3,(H2,25,26,31). The number of carbonyl (C=O) groups is 2. The summed E-state index contributed by atoms with van der Waals surface area (Å²) in [6, 6.07) is 18.5. The minimum atomic E-state index is -0.333. The number of imidazole rings is 1. The molecule has 1 aliphatic rings. The van der Waals surface area contributed by atoms with Gasteiger partial charge in [-0.25, -0.2) is 14.8 Å². The van der Waals surface area contributed by atoms with Crippen molar-refractivity contribution in [3.63, 3.8) is 0 Å². The summed E-state index contributed by atoms with van der Waals surface area (Å²) in [4.78, 5) is 29.2. The molecule has 9 nitrogen and oxygen atoms in total. The van der Waals surface area contributed by atoms with E-state index in [9.17, 15) is 9.59 Å². The topological polar surface area (TPSA) is 105 Å². The average molecular weight is 475 g/mol. The highest BCUT2D eigenvalue weighted by Crippen LogP contribution is 2.26. The number of aromatic nitrogens is 2. The monoisotopic (exact) mass is 474 g/mol. The molecule has 5 rings (SSSR count). The highest BCUT2D eigenvalue weighted by molar-refractivity contribution is 8.14. The Morgan fingerprint density at radius 3 is 2.79 bits per heavy atom. The van der Waals surface area contributed by atoms with E-state index in [4.69, 9.17) is 9.40 Å². The van der Waals surface area contributed by atoms with E-state index >= 15 is 0 Å². The number of carbonyl (C=O) groups excluding carboxylic acids is 2. The van der Waals surface area contributed by atoms with Gasteiger partial charge in [-0.1, -0.05) is 36.0 Å². The maximum Gasteiger partial charge on any atom is 0.319 e. The van der Waals surface area contributed by atoms with E-state index in [-0.39, 0.29) is 24.4 Å². The van der Waals surface area contributed by atoms with Crippen molar-refractivity contribution in [3.05, 3.63) is 72.5 Å². The van der Waals surface area contributed by atoms with Gasteiger partial charge in [-0.2, -0.15) is 5.10 Å². The third-order valence-electron chi connectivity index (χ3n) is 5.38. The number of rotatable bonds is 6. The zero-order valence-electron chi connectivity index (χ0n) is 18.4. The SMILES string of the molecule is Cn1c(-c2ccco2)nc2cc(C3=NN(CCNC(=O)Nc4ccccc4)C(=O)SC3)ccc21. The number of furan rings is 1. The van der Waals surface area contributed by atoms with Gasteiger partial charge in [0.1, 0.15) is 0 Å². The molecule has 3 heterocycles. The molecule has 0 bridgehead atoms. The molecule has 2 aromatic carbocycles. The number of urea groups is 1. The predicted molar refractivity (Wildman–Crippen MR) is 133 cm³/mol. The van der Waals surface area contributed by atoms with Crippen LogP contribution >= 0.6 is 11.8 Å². The number of hydrogen-bond donors (Lipinski definition) is 2. The predicted octanol–water partition coefficient (Wildman–Crippen LogP) is 4.53. The summed E-state index contributed by atoms with van der Waals surface area (Å²) in [5.74, 6) is 1.92. The Kier molecular flexibility index (Phi) is 6.05. The summed E-state index contributed by atoms with van der Waals surface area (Å²) in [6.45, 7) is 0.541. The van der Waals surface area contributed by atoms with Crippen LogP contribution in [0.25, 0.3) is 22.6 Å². The van der Waals surface area contributed by atoms with Crippen LogP contribution in [0.2, 0.25) is 0 Å². The first-order chi connectivity index (χ1) is 16.6. The molecule has 0 spiro atoms. The van der Waals surface area contributed by atoms with E-state index in [2.05, 4.69) is 15.7 Å². The molecule has 0 unspecified atom stereocenters. The second kappa shape index (κ2) is 9.44. The third-order valence-corrected chi connectivity index (χ3v) is 6.26. The van der Waals surface area contributed by atoms with Crippen molar-refractivity contribution in [3.8, 4) is 11.6 Å². The summed E-state index contributed by atoms with van der Waals surface area (Å²) in [7, 11) is 1.95. The molecule has 4 aromatic rings. The maximum atomic E-state index is 12.4.